The normalized spacial score (nSPS) is 19.0. The summed E-state index contributed by atoms with van der Waals surface area (Å²) in [5, 5.41) is 12.3. The Kier molecular flexibility index (Phi) is 4.17. The molecule has 1 aromatic rings. The van der Waals surface area contributed by atoms with Gasteiger partial charge in [-0.25, -0.2) is 0 Å². The van der Waals surface area contributed by atoms with Gasteiger partial charge in [0.05, 0.1) is 0 Å². The number of carboxylic acids is 1. The second-order valence-electron chi connectivity index (χ2n) is 7.27. The molecule has 1 atom stereocenters. The second kappa shape index (κ2) is 5.46. The molecule has 4 nitrogen and oxygen atoms in total. The minimum absolute atomic E-state index is 0.162. The van der Waals surface area contributed by atoms with Crippen LogP contribution in [0.3, 0.4) is 0 Å². The van der Waals surface area contributed by atoms with Gasteiger partial charge in [0.2, 0.25) is 8.32 Å². The molecule has 0 radical (unpaired) electrons. The quantitative estimate of drug-likeness (QED) is 0.842. The van der Waals surface area contributed by atoms with Gasteiger partial charge in [0, 0.05) is 6.54 Å². The van der Waals surface area contributed by atoms with E-state index in [-0.39, 0.29) is 5.04 Å². The highest BCUT2D eigenvalue weighted by Gasteiger charge is 2.39. The Morgan fingerprint density at radius 2 is 2.00 bits per heavy atom. The van der Waals surface area contributed by atoms with Gasteiger partial charge in [0.25, 0.3) is 0 Å². The van der Waals surface area contributed by atoms with Crippen LogP contribution in [0.25, 0.3) is 0 Å². The molecule has 0 aliphatic carbocycles. The molecule has 0 bridgehead atoms. The summed E-state index contributed by atoms with van der Waals surface area (Å²) >= 11 is 0. The topological polar surface area (TPSA) is 58.6 Å². The van der Waals surface area contributed by atoms with E-state index in [9.17, 15) is 4.79 Å². The number of aliphatic carboxylic acids is 1. The zero-order chi connectivity index (χ0) is 15.8. The van der Waals surface area contributed by atoms with Crippen LogP contribution < -0.4 is 9.74 Å². The van der Waals surface area contributed by atoms with Crippen molar-refractivity contribution in [3.05, 3.63) is 29.3 Å². The largest absolute Gasteiger partial charge is 0.543 e. The van der Waals surface area contributed by atoms with Gasteiger partial charge in [0.15, 0.2) is 0 Å². The Morgan fingerprint density at radius 3 is 2.57 bits per heavy atom. The smallest absolute Gasteiger partial charge is 0.321 e. The van der Waals surface area contributed by atoms with E-state index in [1.807, 2.05) is 12.1 Å². The molecule has 0 saturated carbocycles. The second-order valence-corrected chi connectivity index (χ2v) is 12.0. The minimum atomic E-state index is -1.84. The molecule has 116 valence electrons. The summed E-state index contributed by atoms with van der Waals surface area (Å²) in [5.74, 6) is 0.109. The molecule has 1 aliphatic heterocycles. The summed E-state index contributed by atoms with van der Waals surface area (Å²) in [4.78, 5) is 11.0. The first-order valence-electron chi connectivity index (χ1n) is 7.37. The maximum absolute atomic E-state index is 11.0. The fourth-order valence-electron chi connectivity index (χ4n) is 2.18. The van der Waals surface area contributed by atoms with Crippen LogP contribution in [0.1, 0.15) is 31.9 Å². The predicted octanol–water partition coefficient (Wildman–Crippen LogP) is 3.17. The standard InChI is InChI=1S/C16H25NO3Si/c1-16(2,3)21(4,5)20-13-7-6-11-9-14(15(18)19)17-10-12(11)8-13/h6-8,14,17H,9-10H2,1-5H3,(H,18,19)/t14-/m1/s1. The number of hydrogen-bond acceptors (Lipinski definition) is 3. The number of nitrogens with one attached hydrogen (secondary N) is 1. The third-order valence-electron chi connectivity index (χ3n) is 4.62. The average molecular weight is 307 g/mol. The monoisotopic (exact) mass is 307 g/mol. The van der Waals surface area contributed by atoms with Gasteiger partial charge in [-0.2, -0.15) is 0 Å². The maximum atomic E-state index is 11.0. The number of carbonyl (C=O) groups is 1. The first kappa shape index (κ1) is 16.0. The van der Waals surface area contributed by atoms with E-state index >= 15 is 0 Å². The Labute approximate surface area is 127 Å². The van der Waals surface area contributed by atoms with E-state index in [0.29, 0.717) is 13.0 Å². The molecule has 0 unspecified atom stereocenters. The Hall–Kier alpha value is -1.33. The summed E-state index contributed by atoms with van der Waals surface area (Å²) in [6.45, 7) is 11.7. The summed E-state index contributed by atoms with van der Waals surface area (Å²) < 4.78 is 6.30. The average Bonchev–Trinajstić information content (AvgIpc) is 2.36. The molecular formula is C16H25NO3Si. The highest BCUT2D eigenvalue weighted by molar-refractivity contribution is 6.74. The molecular weight excluding hydrogens is 282 g/mol. The van der Waals surface area contributed by atoms with Crippen LogP contribution in [0.15, 0.2) is 18.2 Å². The number of rotatable bonds is 3. The molecule has 0 spiro atoms. The van der Waals surface area contributed by atoms with Crippen LogP contribution in [0.4, 0.5) is 0 Å². The van der Waals surface area contributed by atoms with Gasteiger partial charge in [-0.15, -0.1) is 0 Å². The molecule has 1 heterocycles. The molecule has 21 heavy (non-hydrogen) atoms. The van der Waals surface area contributed by atoms with E-state index in [4.69, 9.17) is 9.53 Å². The molecule has 2 rings (SSSR count). The van der Waals surface area contributed by atoms with E-state index in [1.54, 1.807) is 0 Å². The lowest BCUT2D eigenvalue weighted by molar-refractivity contribution is -0.139. The minimum Gasteiger partial charge on any atom is -0.543 e. The number of benzene rings is 1. The van der Waals surface area contributed by atoms with Crippen LogP contribution in [-0.2, 0) is 17.8 Å². The van der Waals surface area contributed by atoms with Crippen molar-refractivity contribution in [2.24, 2.45) is 0 Å². The van der Waals surface area contributed by atoms with Crippen molar-refractivity contribution >= 4 is 14.3 Å². The van der Waals surface area contributed by atoms with Gasteiger partial charge in [-0.3, -0.25) is 4.79 Å². The summed E-state index contributed by atoms with van der Waals surface area (Å²) in [7, 11) is -1.84. The molecule has 1 aromatic carbocycles. The maximum Gasteiger partial charge on any atom is 0.321 e. The van der Waals surface area contributed by atoms with Gasteiger partial charge in [-0.1, -0.05) is 26.8 Å². The summed E-state index contributed by atoms with van der Waals surface area (Å²) in [6, 6.07) is 5.56. The van der Waals surface area contributed by atoms with E-state index < -0.39 is 20.3 Å². The molecule has 0 fully saturated rings. The van der Waals surface area contributed by atoms with Crippen molar-refractivity contribution in [1.29, 1.82) is 0 Å². The van der Waals surface area contributed by atoms with Crippen molar-refractivity contribution in [3.8, 4) is 5.75 Å². The van der Waals surface area contributed by atoms with Gasteiger partial charge < -0.3 is 14.8 Å². The number of fused-ring (bicyclic) bond motifs is 1. The molecule has 1 aliphatic rings. The van der Waals surface area contributed by atoms with Crippen molar-refractivity contribution in [3.63, 3.8) is 0 Å². The third kappa shape index (κ3) is 3.47. The first-order chi connectivity index (χ1) is 9.60. The van der Waals surface area contributed by atoms with Gasteiger partial charge >= 0.3 is 5.97 Å². The lowest BCUT2D eigenvalue weighted by Crippen LogP contribution is -2.44. The van der Waals surface area contributed by atoms with Crippen LogP contribution in [0, 0.1) is 0 Å². The Balaban J connectivity index is 2.18. The first-order valence-corrected chi connectivity index (χ1v) is 10.3. The fraction of sp³-hybridized carbons (Fsp3) is 0.562. The zero-order valence-electron chi connectivity index (χ0n) is 13.5. The SMILES string of the molecule is CC(C)(C)[Si](C)(C)Oc1ccc2c(c1)CN[C@@H](C(=O)O)C2. The Morgan fingerprint density at radius 1 is 1.33 bits per heavy atom. The van der Waals surface area contributed by atoms with Crippen molar-refractivity contribution < 1.29 is 14.3 Å². The molecule has 0 saturated heterocycles. The van der Waals surface area contributed by atoms with Crippen molar-refractivity contribution in [2.75, 3.05) is 0 Å². The molecule has 5 heteroatoms. The zero-order valence-corrected chi connectivity index (χ0v) is 14.5. The molecule has 0 aromatic heterocycles. The third-order valence-corrected chi connectivity index (χ3v) is 8.98. The van der Waals surface area contributed by atoms with Gasteiger partial charge in [0.1, 0.15) is 11.8 Å². The van der Waals surface area contributed by atoms with Crippen molar-refractivity contribution in [1.82, 2.24) is 5.32 Å². The Bertz CT molecular complexity index is 549. The van der Waals surface area contributed by atoms with Crippen LogP contribution >= 0.6 is 0 Å². The van der Waals surface area contributed by atoms with Crippen LogP contribution in [0.5, 0.6) is 5.75 Å². The fourth-order valence-corrected chi connectivity index (χ4v) is 3.20. The highest BCUT2D eigenvalue weighted by Crippen LogP contribution is 2.37. The van der Waals surface area contributed by atoms with E-state index in [2.05, 4.69) is 45.2 Å². The summed E-state index contributed by atoms with van der Waals surface area (Å²) in [5.41, 5.74) is 2.24. The van der Waals surface area contributed by atoms with Crippen molar-refractivity contribution in [2.45, 2.75) is 57.9 Å². The number of hydrogen-bond donors (Lipinski definition) is 2. The van der Waals surface area contributed by atoms with Gasteiger partial charge in [-0.05, 0) is 47.8 Å². The van der Waals surface area contributed by atoms with Crippen LogP contribution in [0.2, 0.25) is 18.1 Å². The number of carboxylic acid groups (broad SMARTS) is 1. The van der Waals surface area contributed by atoms with Crippen LogP contribution in [-0.4, -0.2) is 25.4 Å². The predicted molar refractivity (Wildman–Crippen MR) is 86.2 cm³/mol. The van der Waals surface area contributed by atoms with E-state index in [0.717, 1.165) is 16.9 Å². The lowest BCUT2D eigenvalue weighted by Gasteiger charge is -2.36. The molecule has 2 N–H and O–H groups in total. The molecule has 0 amide bonds. The van der Waals surface area contributed by atoms with E-state index in [1.165, 1.54) is 0 Å². The summed E-state index contributed by atoms with van der Waals surface area (Å²) in [6.07, 6.45) is 0.533. The lowest BCUT2D eigenvalue weighted by atomic mass is 9.96. The highest BCUT2D eigenvalue weighted by atomic mass is 28.4.